The van der Waals surface area contributed by atoms with Gasteiger partial charge in [-0.15, -0.1) is 0 Å². The van der Waals surface area contributed by atoms with Crippen LogP contribution in [-0.2, 0) is 0 Å². The Labute approximate surface area is 127 Å². The summed E-state index contributed by atoms with van der Waals surface area (Å²) < 4.78 is 5.89. The molecule has 0 bridgehead atoms. The zero-order valence-corrected chi connectivity index (χ0v) is 11.7. The van der Waals surface area contributed by atoms with E-state index in [0.29, 0.717) is 5.75 Å². The summed E-state index contributed by atoms with van der Waals surface area (Å²) in [7, 11) is 0. The van der Waals surface area contributed by atoms with Crippen LogP contribution in [0.25, 0.3) is 21.7 Å². The number of rotatable bonds is 2. The van der Waals surface area contributed by atoms with Gasteiger partial charge in [-0.1, -0.05) is 30.3 Å². The Morgan fingerprint density at radius 1 is 0.727 bits per heavy atom. The summed E-state index contributed by atoms with van der Waals surface area (Å²) in [5.74, 6) is 1.63. The van der Waals surface area contributed by atoms with Gasteiger partial charge in [0.25, 0.3) is 0 Å². The van der Waals surface area contributed by atoms with Gasteiger partial charge in [0, 0.05) is 5.39 Å². The maximum atomic E-state index is 9.56. The molecule has 0 radical (unpaired) electrons. The normalized spacial score (nSPS) is 10.9. The number of aromatic hydroxyl groups is 1. The number of ether oxygens (including phenoxy) is 1. The topological polar surface area (TPSA) is 42.4 Å². The zero-order valence-electron chi connectivity index (χ0n) is 11.7. The van der Waals surface area contributed by atoms with E-state index < -0.39 is 0 Å². The van der Waals surface area contributed by atoms with Crippen molar-refractivity contribution in [3.8, 4) is 17.2 Å². The first kappa shape index (κ1) is 12.7. The Morgan fingerprint density at radius 3 is 2.45 bits per heavy atom. The molecular weight excluding hydrogens is 274 g/mol. The van der Waals surface area contributed by atoms with Crippen molar-refractivity contribution in [2.75, 3.05) is 0 Å². The second-order valence-electron chi connectivity index (χ2n) is 5.16. The van der Waals surface area contributed by atoms with Gasteiger partial charge in [-0.25, -0.2) is 0 Å². The molecule has 3 aromatic carbocycles. The number of hydrogen-bond donors (Lipinski definition) is 1. The van der Waals surface area contributed by atoms with Crippen molar-refractivity contribution in [1.29, 1.82) is 0 Å². The van der Waals surface area contributed by atoms with Crippen molar-refractivity contribution in [2.24, 2.45) is 0 Å². The molecule has 0 fully saturated rings. The van der Waals surface area contributed by atoms with Gasteiger partial charge in [-0.05, 0) is 47.2 Å². The van der Waals surface area contributed by atoms with E-state index >= 15 is 0 Å². The molecule has 0 amide bonds. The summed E-state index contributed by atoms with van der Waals surface area (Å²) in [6.45, 7) is 0. The molecule has 0 aliphatic carbocycles. The fourth-order valence-electron chi connectivity index (χ4n) is 2.52. The number of nitrogens with zero attached hydrogens (tertiary/aromatic N) is 1. The van der Waals surface area contributed by atoms with Crippen LogP contribution >= 0.6 is 0 Å². The van der Waals surface area contributed by atoms with Crippen LogP contribution in [0.4, 0.5) is 0 Å². The Morgan fingerprint density at radius 2 is 1.55 bits per heavy atom. The number of benzene rings is 3. The predicted molar refractivity (Wildman–Crippen MR) is 87.4 cm³/mol. The first-order chi connectivity index (χ1) is 10.8. The Hall–Kier alpha value is -3.07. The highest BCUT2D eigenvalue weighted by Crippen LogP contribution is 2.28. The second-order valence-corrected chi connectivity index (χ2v) is 5.16. The molecule has 0 atom stereocenters. The number of pyridine rings is 1. The quantitative estimate of drug-likeness (QED) is 0.571. The lowest BCUT2D eigenvalue weighted by atomic mass is 10.1. The highest BCUT2D eigenvalue weighted by Gasteiger charge is 2.03. The van der Waals surface area contributed by atoms with Crippen LogP contribution in [0.5, 0.6) is 17.2 Å². The monoisotopic (exact) mass is 287 g/mol. The minimum Gasteiger partial charge on any atom is -0.508 e. The van der Waals surface area contributed by atoms with Crippen LogP contribution in [0.15, 0.2) is 72.9 Å². The van der Waals surface area contributed by atoms with Crippen molar-refractivity contribution >= 4 is 21.7 Å². The lowest BCUT2D eigenvalue weighted by Crippen LogP contribution is -1.87. The number of phenols is 1. The van der Waals surface area contributed by atoms with E-state index in [9.17, 15) is 5.11 Å². The molecule has 0 saturated heterocycles. The molecule has 22 heavy (non-hydrogen) atoms. The zero-order chi connectivity index (χ0) is 14.9. The number of fused-ring (bicyclic) bond motifs is 2. The van der Waals surface area contributed by atoms with E-state index in [1.54, 1.807) is 24.4 Å². The van der Waals surface area contributed by atoms with E-state index in [2.05, 4.69) is 17.1 Å². The fraction of sp³-hybridized carbons (Fsp3) is 0. The highest BCUT2D eigenvalue weighted by molar-refractivity contribution is 5.84. The summed E-state index contributed by atoms with van der Waals surface area (Å²) in [4.78, 5) is 4.34. The fourth-order valence-corrected chi connectivity index (χ4v) is 2.52. The van der Waals surface area contributed by atoms with Gasteiger partial charge in [0.2, 0.25) is 0 Å². The van der Waals surface area contributed by atoms with E-state index in [1.165, 1.54) is 5.39 Å². The first-order valence-corrected chi connectivity index (χ1v) is 7.03. The van der Waals surface area contributed by atoms with Crippen molar-refractivity contribution in [2.45, 2.75) is 0 Å². The van der Waals surface area contributed by atoms with Gasteiger partial charge in [0.05, 0.1) is 11.7 Å². The van der Waals surface area contributed by atoms with Crippen molar-refractivity contribution in [3.63, 3.8) is 0 Å². The molecule has 1 aromatic heterocycles. The molecule has 4 rings (SSSR count). The minimum absolute atomic E-state index is 0.220. The van der Waals surface area contributed by atoms with Crippen molar-refractivity contribution < 1.29 is 9.84 Å². The molecule has 4 aromatic rings. The van der Waals surface area contributed by atoms with Crippen LogP contribution < -0.4 is 4.74 Å². The molecule has 3 nitrogen and oxygen atoms in total. The summed E-state index contributed by atoms with van der Waals surface area (Å²) in [6.07, 6.45) is 1.69. The number of hydrogen-bond acceptors (Lipinski definition) is 3. The molecule has 1 heterocycles. The van der Waals surface area contributed by atoms with E-state index in [0.717, 1.165) is 22.0 Å². The Bertz CT molecular complexity index is 979. The van der Waals surface area contributed by atoms with Crippen molar-refractivity contribution in [1.82, 2.24) is 4.98 Å². The maximum Gasteiger partial charge on any atom is 0.146 e. The largest absolute Gasteiger partial charge is 0.508 e. The Balaban J connectivity index is 1.72. The summed E-state index contributed by atoms with van der Waals surface area (Å²) in [5.41, 5.74) is 0.823. The Kier molecular flexibility index (Phi) is 2.90. The minimum atomic E-state index is 0.220. The molecule has 0 aliphatic heterocycles. The van der Waals surface area contributed by atoms with Gasteiger partial charge >= 0.3 is 0 Å². The summed E-state index contributed by atoms with van der Waals surface area (Å²) in [6, 6.07) is 21.1. The number of aromatic nitrogens is 1. The third-order valence-corrected chi connectivity index (χ3v) is 3.60. The highest BCUT2D eigenvalue weighted by atomic mass is 16.5. The van der Waals surface area contributed by atoms with Gasteiger partial charge in [-0.2, -0.15) is 0 Å². The van der Waals surface area contributed by atoms with Crippen molar-refractivity contribution in [3.05, 3.63) is 72.9 Å². The van der Waals surface area contributed by atoms with E-state index in [1.807, 2.05) is 36.4 Å². The molecule has 3 heteroatoms. The lowest BCUT2D eigenvalue weighted by molar-refractivity contribution is 0.475. The first-order valence-electron chi connectivity index (χ1n) is 7.03. The summed E-state index contributed by atoms with van der Waals surface area (Å²) >= 11 is 0. The third-order valence-electron chi connectivity index (χ3n) is 3.60. The predicted octanol–water partition coefficient (Wildman–Crippen LogP) is 4.89. The van der Waals surface area contributed by atoms with Gasteiger partial charge in [0.1, 0.15) is 17.2 Å². The van der Waals surface area contributed by atoms with E-state index in [-0.39, 0.29) is 5.75 Å². The molecule has 0 spiro atoms. The summed E-state index contributed by atoms with van der Waals surface area (Å²) in [5, 5.41) is 12.7. The average molecular weight is 287 g/mol. The average Bonchev–Trinajstić information content (AvgIpc) is 2.54. The second kappa shape index (κ2) is 5.04. The van der Waals surface area contributed by atoms with Gasteiger partial charge in [-0.3, -0.25) is 4.98 Å². The third kappa shape index (κ3) is 2.33. The lowest BCUT2D eigenvalue weighted by Gasteiger charge is -2.08. The van der Waals surface area contributed by atoms with Crippen LogP contribution in [-0.4, -0.2) is 10.1 Å². The van der Waals surface area contributed by atoms with Crippen LogP contribution in [0, 0.1) is 0 Å². The SMILES string of the molecule is Oc1ccc2ncc(Oc3ccc4ccccc4c3)cc2c1. The molecule has 0 unspecified atom stereocenters. The maximum absolute atomic E-state index is 9.56. The standard InChI is InChI=1S/C19H13NO2/c21-16-6-8-19-15(9-16)11-18(12-20-19)22-17-7-5-13-3-1-2-4-14(13)10-17/h1-12,21H. The van der Waals surface area contributed by atoms with Crippen LogP contribution in [0.1, 0.15) is 0 Å². The molecule has 0 aliphatic rings. The van der Waals surface area contributed by atoms with Crippen LogP contribution in [0.3, 0.4) is 0 Å². The smallest absolute Gasteiger partial charge is 0.146 e. The molecule has 1 N–H and O–H groups in total. The molecule has 106 valence electrons. The number of phenolic OH excluding ortho intramolecular Hbond substituents is 1. The molecule has 0 saturated carbocycles. The van der Waals surface area contributed by atoms with Gasteiger partial charge < -0.3 is 9.84 Å². The van der Waals surface area contributed by atoms with Crippen LogP contribution in [0.2, 0.25) is 0 Å². The molecular formula is C19H13NO2. The van der Waals surface area contributed by atoms with E-state index in [4.69, 9.17) is 4.74 Å². The van der Waals surface area contributed by atoms with Gasteiger partial charge in [0.15, 0.2) is 0 Å².